The van der Waals surface area contributed by atoms with Gasteiger partial charge in [-0.25, -0.2) is 0 Å². The lowest BCUT2D eigenvalue weighted by Gasteiger charge is -2.20. The number of rotatable bonds is 6. The number of hydrogen-bond donors (Lipinski definition) is 2. The van der Waals surface area contributed by atoms with E-state index in [4.69, 9.17) is 4.74 Å². The van der Waals surface area contributed by atoms with Crippen molar-refractivity contribution in [1.29, 1.82) is 0 Å². The summed E-state index contributed by atoms with van der Waals surface area (Å²) in [6, 6.07) is 7.74. The third-order valence-corrected chi connectivity index (χ3v) is 5.16. The number of nitrogens with one attached hydrogen (secondary N) is 2. The first-order valence-corrected chi connectivity index (χ1v) is 9.71. The van der Waals surface area contributed by atoms with E-state index in [9.17, 15) is 14.4 Å². The molecule has 0 aliphatic carbocycles. The van der Waals surface area contributed by atoms with Crippen LogP contribution in [0.4, 0.5) is 0 Å². The van der Waals surface area contributed by atoms with Gasteiger partial charge in [0.1, 0.15) is 0 Å². The Labute approximate surface area is 168 Å². The summed E-state index contributed by atoms with van der Waals surface area (Å²) in [4.78, 5) is 38.1. The summed E-state index contributed by atoms with van der Waals surface area (Å²) < 4.78 is 6.60. The smallest absolute Gasteiger partial charge is 0.306 e. The number of fused-ring (bicyclic) bond motifs is 1. The fourth-order valence-corrected chi connectivity index (χ4v) is 3.82. The number of H-pyrrole nitrogens is 2. The van der Waals surface area contributed by atoms with Crippen LogP contribution in [-0.2, 0) is 16.1 Å². The van der Waals surface area contributed by atoms with Crippen molar-refractivity contribution >= 4 is 16.9 Å². The predicted molar refractivity (Wildman–Crippen MR) is 112 cm³/mol. The molecule has 0 spiro atoms. The number of nitrogens with zero attached hydrogens (tertiary/aromatic N) is 1. The molecule has 0 fully saturated rings. The number of carbonyl (C=O) groups is 1. The van der Waals surface area contributed by atoms with E-state index >= 15 is 0 Å². The molecule has 0 aliphatic rings. The SMILES string of the molecule is COC(=O)C[C@H](c1c(C)[nH][nH]c1=O)c1cc2cc(C)ccc2n(CC(C)C)c1=O. The van der Waals surface area contributed by atoms with Gasteiger partial charge in [-0.05, 0) is 43.4 Å². The summed E-state index contributed by atoms with van der Waals surface area (Å²) in [5, 5.41) is 6.24. The Morgan fingerprint density at radius 3 is 2.45 bits per heavy atom. The van der Waals surface area contributed by atoms with E-state index in [1.54, 1.807) is 17.6 Å². The van der Waals surface area contributed by atoms with Gasteiger partial charge in [0, 0.05) is 29.3 Å². The molecule has 0 unspecified atom stereocenters. The van der Waals surface area contributed by atoms with Crippen LogP contribution in [0.2, 0.25) is 0 Å². The minimum Gasteiger partial charge on any atom is -0.469 e. The number of aryl methyl sites for hydroxylation is 2. The molecule has 3 rings (SSSR count). The maximum atomic E-state index is 13.5. The van der Waals surface area contributed by atoms with Crippen LogP contribution in [0.25, 0.3) is 10.9 Å². The van der Waals surface area contributed by atoms with Crippen molar-refractivity contribution < 1.29 is 9.53 Å². The number of pyridine rings is 1. The molecule has 0 amide bonds. The monoisotopic (exact) mass is 397 g/mol. The molecule has 3 aromatic rings. The molecule has 2 N–H and O–H groups in total. The van der Waals surface area contributed by atoms with Crippen LogP contribution in [0.3, 0.4) is 0 Å². The van der Waals surface area contributed by atoms with Crippen LogP contribution in [-0.4, -0.2) is 27.8 Å². The Balaban J connectivity index is 2.34. The third-order valence-electron chi connectivity index (χ3n) is 5.16. The van der Waals surface area contributed by atoms with Crippen LogP contribution >= 0.6 is 0 Å². The minimum absolute atomic E-state index is 0.0908. The van der Waals surface area contributed by atoms with E-state index in [-0.39, 0.29) is 23.5 Å². The van der Waals surface area contributed by atoms with Crippen molar-refractivity contribution in [1.82, 2.24) is 14.8 Å². The van der Waals surface area contributed by atoms with Crippen LogP contribution in [0.5, 0.6) is 0 Å². The second-order valence-electron chi connectivity index (χ2n) is 7.92. The van der Waals surface area contributed by atoms with Gasteiger partial charge in [0.15, 0.2) is 0 Å². The van der Waals surface area contributed by atoms with Crippen LogP contribution in [0, 0.1) is 19.8 Å². The molecule has 1 aromatic carbocycles. The van der Waals surface area contributed by atoms with E-state index < -0.39 is 11.9 Å². The van der Waals surface area contributed by atoms with E-state index in [2.05, 4.69) is 10.2 Å². The molecule has 0 bridgehead atoms. The summed E-state index contributed by atoms with van der Waals surface area (Å²) in [5.74, 6) is -0.925. The fraction of sp³-hybridized carbons (Fsp3) is 0.409. The Morgan fingerprint density at radius 1 is 1.14 bits per heavy atom. The lowest BCUT2D eigenvalue weighted by molar-refractivity contribution is -0.140. The van der Waals surface area contributed by atoms with E-state index in [1.807, 2.05) is 39.0 Å². The average Bonchev–Trinajstić information content (AvgIpc) is 2.99. The van der Waals surface area contributed by atoms with Gasteiger partial charge >= 0.3 is 5.97 Å². The topological polar surface area (TPSA) is 96.9 Å². The highest BCUT2D eigenvalue weighted by molar-refractivity contribution is 5.81. The standard InChI is InChI=1S/C22H27N3O4/c1-12(2)11-25-18-7-6-13(3)8-15(18)9-17(22(25)28)16(10-19(26)29-5)20-14(4)23-24-21(20)27/h6-9,12,16H,10-11H2,1-5H3,(H2,23,24,27)/t16-/m0/s1. The van der Waals surface area contributed by atoms with E-state index in [0.29, 0.717) is 23.4 Å². The molecule has 29 heavy (non-hydrogen) atoms. The maximum Gasteiger partial charge on any atom is 0.306 e. The van der Waals surface area contributed by atoms with Crippen molar-refractivity contribution in [2.24, 2.45) is 5.92 Å². The summed E-state index contributed by atoms with van der Waals surface area (Å²) in [7, 11) is 1.30. The highest BCUT2D eigenvalue weighted by Gasteiger charge is 2.28. The van der Waals surface area contributed by atoms with Crippen molar-refractivity contribution in [2.45, 2.75) is 46.6 Å². The summed E-state index contributed by atoms with van der Waals surface area (Å²) in [6.45, 7) is 8.37. The molecule has 2 aromatic heterocycles. The molecular formula is C22H27N3O4. The average molecular weight is 397 g/mol. The Morgan fingerprint density at radius 2 is 1.86 bits per heavy atom. The summed E-state index contributed by atoms with van der Waals surface area (Å²) in [6.07, 6.45) is -0.0908. The number of carbonyl (C=O) groups excluding carboxylic acids is 1. The molecule has 154 valence electrons. The van der Waals surface area contributed by atoms with Crippen molar-refractivity contribution in [3.8, 4) is 0 Å². The molecule has 2 heterocycles. The number of benzene rings is 1. The van der Waals surface area contributed by atoms with Gasteiger partial charge in [0.05, 0.1) is 19.0 Å². The predicted octanol–water partition coefficient (Wildman–Crippen LogP) is 2.99. The molecule has 7 nitrogen and oxygen atoms in total. The molecule has 0 aliphatic heterocycles. The number of ether oxygens (including phenoxy) is 1. The molecule has 7 heteroatoms. The normalized spacial score (nSPS) is 12.5. The van der Waals surface area contributed by atoms with Gasteiger partial charge in [-0.3, -0.25) is 19.5 Å². The fourth-order valence-electron chi connectivity index (χ4n) is 3.82. The van der Waals surface area contributed by atoms with Crippen molar-refractivity contribution in [3.05, 3.63) is 67.4 Å². The van der Waals surface area contributed by atoms with Crippen LogP contribution < -0.4 is 11.1 Å². The number of hydrogen-bond acceptors (Lipinski definition) is 4. The molecule has 1 atom stereocenters. The maximum absolute atomic E-state index is 13.5. The highest BCUT2D eigenvalue weighted by atomic mass is 16.5. The zero-order valence-corrected chi connectivity index (χ0v) is 17.5. The largest absolute Gasteiger partial charge is 0.469 e. The Hall–Kier alpha value is -3.09. The van der Waals surface area contributed by atoms with Gasteiger partial charge in [-0.15, -0.1) is 0 Å². The second kappa shape index (κ2) is 8.11. The van der Waals surface area contributed by atoms with Gasteiger partial charge in [0.2, 0.25) is 0 Å². The van der Waals surface area contributed by atoms with Gasteiger partial charge in [-0.1, -0.05) is 25.5 Å². The first-order valence-electron chi connectivity index (χ1n) is 9.71. The number of esters is 1. The first kappa shape index (κ1) is 20.6. The summed E-state index contributed by atoms with van der Waals surface area (Å²) in [5.41, 5.74) is 2.79. The number of methoxy groups -OCH3 is 1. The zero-order valence-electron chi connectivity index (χ0n) is 17.5. The molecule has 0 radical (unpaired) electrons. The van der Waals surface area contributed by atoms with Crippen LogP contribution in [0.1, 0.15) is 48.6 Å². The van der Waals surface area contributed by atoms with Crippen LogP contribution in [0.15, 0.2) is 33.9 Å². The molecule has 0 saturated carbocycles. The Bertz CT molecular complexity index is 1170. The lowest BCUT2D eigenvalue weighted by Crippen LogP contribution is -2.30. The first-order chi connectivity index (χ1) is 13.7. The Kier molecular flexibility index (Phi) is 5.77. The quantitative estimate of drug-likeness (QED) is 0.625. The highest BCUT2D eigenvalue weighted by Crippen LogP contribution is 2.28. The van der Waals surface area contributed by atoms with Crippen molar-refractivity contribution in [3.63, 3.8) is 0 Å². The number of aromatic nitrogens is 3. The van der Waals surface area contributed by atoms with E-state index in [0.717, 1.165) is 16.5 Å². The van der Waals surface area contributed by atoms with Gasteiger partial charge in [-0.2, -0.15) is 0 Å². The third kappa shape index (κ3) is 4.04. The lowest BCUT2D eigenvalue weighted by atomic mass is 9.88. The van der Waals surface area contributed by atoms with Crippen molar-refractivity contribution in [2.75, 3.05) is 7.11 Å². The van der Waals surface area contributed by atoms with Gasteiger partial charge in [0.25, 0.3) is 11.1 Å². The minimum atomic E-state index is -0.701. The molecule has 0 saturated heterocycles. The summed E-state index contributed by atoms with van der Waals surface area (Å²) >= 11 is 0. The number of aromatic amines is 2. The van der Waals surface area contributed by atoms with Gasteiger partial charge < -0.3 is 14.4 Å². The zero-order chi connectivity index (χ0) is 21.3. The molecular weight excluding hydrogens is 370 g/mol. The second-order valence-corrected chi connectivity index (χ2v) is 7.92. The van der Waals surface area contributed by atoms with E-state index in [1.165, 1.54) is 7.11 Å².